The van der Waals surface area contributed by atoms with Crippen LogP contribution >= 0.6 is 11.6 Å². The summed E-state index contributed by atoms with van der Waals surface area (Å²) in [6, 6.07) is 6.95. The number of hydrogen-bond donors (Lipinski definition) is 2. The van der Waals surface area contributed by atoms with Crippen LogP contribution in [0.25, 0.3) is 0 Å². The number of amides is 1. The van der Waals surface area contributed by atoms with Crippen LogP contribution in [0.3, 0.4) is 0 Å². The molecule has 1 amide bonds. The Labute approximate surface area is 214 Å². The number of hydrazone groups is 1. The molecule has 0 aliphatic heterocycles. The topological polar surface area (TPSA) is 70.9 Å². The quantitative estimate of drug-likeness (QED) is 0.468. The van der Waals surface area contributed by atoms with E-state index in [1.807, 2.05) is 0 Å². The van der Waals surface area contributed by atoms with Gasteiger partial charge in [-0.3, -0.25) is 4.79 Å². The molecule has 5 rings (SSSR count). The maximum absolute atomic E-state index is 12.3. The second-order valence-corrected chi connectivity index (χ2v) is 12.2. The van der Waals surface area contributed by atoms with Crippen molar-refractivity contribution in [3.8, 4) is 5.75 Å². The number of ether oxygens (including phenoxy) is 1. The normalized spacial score (nSPS) is 39.3. The number of nitrogens with zero attached hydrogens (tertiary/aromatic N) is 1. The van der Waals surface area contributed by atoms with Crippen LogP contribution in [-0.4, -0.2) is 28.9 Å². The average molecular weight is 499 g/mol. The van der Waals surface area contributed by atoms with E-state index >= 15 is 0 Å². The lowest BCUT2D eigenvalue weighted by atomic mass is 9.46. The summed E-state index contributed by atoms with van der Waals surface area (Å²) in [7, 11) is 0. The van der Waals surface area contributed by atoms with E-state index in [9.17, 15) is 9.90 Å². The highest BCUT2D eigenvalue weighted by Gasteiger charge is 2.63. The third-order valence-corrected chi connectivity index (χ3v) is 10.6. The number of aliphatic hydroxyl groups is 1. The van der Waals surface area contributed by atoms with Crippen molar-refractivity contribution in [1.29, 1.82) is 0 Å². The highest BCUT2D eigenvalue weighted by molar-refractivity contribution is 6.30. The van der Waals surface area contributed by atoms with Crippen LogP contribution in [0.4, 0.5) is 0 Å². The first kappa shape index (κ1) is 24.8. The number of allylic oxidation sites excluding steroid dienone is 2. The molecule has 0 unspecified atom stereocenters. The van der Waals surface area contributed by atoms with E-state index in [4.69, 9.17) is 16.3 Å². The van der Waals surface area contributed by atoms with E-state index in [-0.39, 0.29) is 23.3 Å². The number of carbonyl (C=O) groups is 1. The standard InChI is InChI=1S/C29H39ClN2O3/c1-4-29(34)16-13-25-23-10-5-19-17-21(11-14-27(19,2)24(23)12-15-28(25,29)3)31-32-26(33)18-35-22-8-6-20(30)7-9-22/h6-9,17,23-25,34H,4-5,10-16,18H2,1-3H3,(H,32,33)/t23-,24+,25+,27+,28+,29+/m1/s1. The highest BCUT2D eigenvalue weighted by atomic mass is 35.5. The summed E-state index contributed by atoms with van der Waals surface area (Å²) in [6.45, 7) is 6.92. The van der Waals surface area contributed by atoms with Gasteiger partial charge in [0.15, 0.2) is 6.61 Å². The SMILES string of the molecule is CC[C@]1(O)CC[C@H]2[C@@H]3CCC4=CC(=NNC(=O)COc5ccc(Cl)cc5)CC[C@]4(C)[C@H]3CC[C@@]21C. The lowest BCUT2D eigenvalue weighted by molar-refractivity contribution is -0.127. The Balaban J connectivity index is 1.24. The van der Waals surface area contributed by atoms with E-state index in [1.54, 1.807) is 24.3 Å². The number of fused-ring (bicyclic) bond motifs is 5. The van der Waals surface area contributed by atoms with Gasteiger partial charge < -0.3 is 9.84 Å². The molecule has 190 valence electrons. The first-order valence-electron chi connectivity index (χ1n) is 13.4. The molecule has 2 N–H and O–H groups in total. The van der Waals surface area contributed by atoms with Crippen LogP contribution in [0, 0.1) is 28.6 Å². The summed E-state index contributed by atoms with van der Waals surface area (Å²) in [5, 5.41) is 16.5. The molecular weight excluding hydrogens is 460 g/mol. The van der Waals surface area contributed by atoms with Crippen molar-refractivity contribution in [3.05, 3.63) is 40.9 Å². The van der Waals surface area contributed by atoms with E-state index in [0.717, 1.165) is 44.2 Å². The molecule has 6 heteroatoms. The molecular formula is C29H39ClN2O3. The number of hydrogen-bond acceptors (Lipinski definition) is 4. The molecule has 0 saturated heterocycles. The van der Waals surface area contributed by atoms with E-state index in [0.29, 0.717) is 28.5 Å². The van der Waals surface area contributed by atoms with Crippen molar-refractivity contribution < 1.29 is 14.6 Å². The van der Waals surface area contributed by atoms with Crippen molar-refractivity contribution in [3.63, 3.8) is 0 Å². The largest absolute Gasteiger partial charge is 0.484 e. The van der Waals surface area contributed by atoms with Gasteiger partial charge in [-0.1, -0.05) is 37.9 Å². The molecule has 3 fully saturated rings. The van der Waals surface area contributed by atoms with Crippen LogP contribution in [0.2, 0.25) is 5.02 Å². The van der Waals surface area contributed by atoms with Gasteiger partial charge in [0.2, 0.25) is 0 Å². The third kappa shape index (κ3) is 4.23. The first-order chi connectivity index (χ1) is 16.7. The minimum Gasteiger partial charge on any atom is -0.484 e. The minimum absolute atomic E-state index is 0.0696. The predicted molar refractivity (Wildman–Crippen MR) is 139 cm³/mol. The fourth-order valence-corrected chi connectivity index (χ4v) is 8.32. The number of benzene rings is 1. The van der Waals surface area contributed by atoms with E-state index in [1.165, 1.54) is 24.8 Å². The first-order valence-corrected chi connectivity index (χ1v) is 13.7. The van der Waals surface area contributed by atoms with E-state index in [2.05, 4.69) is 37.4 Å². The van der Waals surface area contributed by atoms with Gasteiger partial charge in [0, 0.05) is 5.02 Å². The molecule has 0 bridgehead atoms. The second kappa shape index (κ2) is 9.23. The highest BCUT2D eigenvalue weighted by Crippen LogP contribution is 2.67. The van der Waals surface area contributed by atoms with Gasteiger partial charge in [0.1, 0.15) is 5.75 Å². The molecule has 4 aliphatic carbocycles. The monoisotopic (exact) mass is 498 g/mol. The fraction of sp³-hybridized carbons (Fsp3) is 0.655. The third-order valence-electron chi connectivity index (χ3n) is 10.4. The lowest BCUT2D eigenvalue weighted by Crippen LogP contribution is -2.54. The maximum atomic E-state index is 12.3. The number of carbonyl (C=O) groups excluding carboxylic acids is 1. The molecule has 0 heterocycles. The van der Waals surface area contributed by atoms with Crippen LogP contribution in [0.1, 0.15) is 78.6 Å². The van der Waals surface area contributed by atoms with Crippen molar-refractivity contribution in [2.24, 2.45) is 33.7 Å². The van der Waals surface area contributed by atoms with Gasteiger partial charge in [0.05, 0.1) is 11.3 Å². The number of rotatable bonds is 5. The molecule has 4 aliphatic rings. The summed E-state index contributed by atoms with van der Waals surface area (Å²) >= 11 is 5.89. The Morgan fingerprint density at radius 3 is 2.60 bits per heavy atom. The van der Waals surface area contributed by atoms with E-state index < -0.39 is 5.60 Å². The molecule has 5 nitrogen and oxygen atoms in total. The lowest BCUT2D eigenvalue weighted by Gasteiger charge is -2.59. The summed E-state index contributed by atoms with van der Waals surface area (Å²) in [4.78, 5) is 12.3. The molecule has 1 aromatic carbocycles. The van der Waals surface area contributed by atoms with Crippen LogP contribution < -0.4 is 10.2 Å². The van der Waals surface area contributed by atoms with Crippen molar-refractivity contribution in [2.75, 3.05) is 6.61 Å². The summed E-state index contributed by atoms with van der Waals surface area (Å²) in [5.74, 6) is 2.37. The van der Waals surface area contributed by atoms with Gasteiger partial charge in [-0.05, 0) is 117 Å². The van der Waals surface area contributed by atoms with Gasteiger partial charge in [-0.25, -0.2) is 5.43 Å². The smallest absolute Gasteiger partial charge is 0.277 e. The van der Waals surface area contributed by atoms with Gasteiger partial charge in [-0.2, -0.15) is 5.10 Å². The number of halogens is 1. The molecule has 0 spiro atoms. The Bertz CT molecular complexity index is 1040. The van der Waals surface area contributed by atoms with Crippen LogP contribution in [0.15, 0.2) is 41.0 Å². The zero-order valence-corrected chi connectivity index (χ0v) is 22.0. The second-order valence-electron chi connectivity index (χ2n) is 11.8. The molecule has 3 saturated carbocycles. The van der Waals surface area contributed by atoms with Gasteiger partial charge in [0.25, 0.3) is 5.91 Å². The Morgan fingerprint density at radius 1 is 1.11 bits per heavy atom. The zero-order chi connectivity index (χ0) is 24.8. The zero-order valence-electron chi connectivity index (χ0n) is 21.3. The summed E-state index contributed by atoms with van der Waals surface area (Å²) < 4.78 is 5.52. The predicted octanol–water partition coefficient (Wildman–Crippen LogP) is 6.29. The molecule has 1 aromatic rings. The molecule has 35 heavy (non-hydrogen) atoms. The van der Waals surface area contributed by atoms with Crippen LogP contribution in [0.5, 0.6) is 5.75 Å². The van der Waals surface area contributed by atoms with Crippen molar-refractivity contribution in [2.45, 2.75) is 84.2 Å². The summed E-state index contributed by atoms with van der Waals surface area (Å²) in [6.07, 6.45) is 11.9. The molecule has 0 aromatic heterocycles. The van der Waals surface area contributed by atoms with Gasteiger partial charge in [-0.15, -0.1) is 0 Å². The summed E-state index contributed by atoms with van der Waals surface area (Å²) in [5.41, 5.74) is 4.92. The Kier molecular flexibility index (Phi) is 6.54. The number of nitrogens with one attached hydrogen (secondary N) is 1. The van der Waals surface area contributed by atoms with Crippen molar-refractivity contribution in [1.82, 2.24) is 5.43 Å². The van der Waals surface area contributed by atoms with Crippen molar-refractivity contribution >= 4 is 23.2 Å². The molecule has 0 radical (unpaired) electrons. The fourth-order valence-electron chi connectivity index (χ4n) is 8.20. The average Bonchev–Trinajstić information content (AvgIpc) is 3.13. The Hall–Kier alpha value is -1.85. The molecule has 6 atom stereocenters. The Morgan fingerprint density at radius 2 is 1.86 bits per heavy atom. The van der Waals surface area contributed by atoms with Crippen LogP contribution in [-0.2, 0) is 4.79 Å². The maximum Gasteiger partial charge on any atom is 0.277 e. The van der Waals surface area contributed by atoms with Gasteiger partial charge >= 0.3 is 0 Å². The minimum atomic E-state index is -0.485.